The van der Waals surface area contributed by atoms with Crippen LogP contribution in [0.2, 0.25) is 0 Å². The lowest BCUT2D eigenvalue weighted by atomic mass is 9.84. The number of ether oxygens (including phenoxy) is 8. The summed E-state index contributed by atoms with van der Waals surface area (Å²) in [6.45, 7) is 24.5. The van der Waals surface area contributed by atoms with Crippen LogP contribution in [0.1, 0.15) is 126 Å². The number of esters is 2. The topological polar surface area (TPSA) is 179 Å². The number of methoxy groups -OCH3 is 5. The van der Waals surface area contributed by atoms with Crippen molar-refractivity contribution in [2.45, 2.75) is 135 Å². The lowest BCUT2D eigenvalue weighted by Crippen LogP contribution is -2.63. The van der Waals surface area contributed by atoms with E-state index in [0.717, 1.165) is 22.3 Å². The average Bonchev–Trinajstić information content (AvgIpc) is 3.17. The Kier molecular flexibility index (Phi) is 17.5. The van der Waals surface area contributed by atoms with Crippen LogP contribution in [0.25, 0.3) is 43.9 Å². The number of carbonyl (C=O) groups is 2. The molecular formula is C65H76O16P2. The SMILES string of the molecule is COc1cc(C(C)(C)C)c2op(O[C@@H]3[C@@H](OC)O[C@H](COC(=O)c4ccccc4)[C@@H](Op4oc5c(C(C)(C)C)cc(OC)cc5c5cc(OC)cc(C(C)(C)C)c5o4)[C@@H]3OC(=O)c3ccccc3)oc3c(C(C)(C)C)cc(OC)cc3c2c1. The second kappa shape index (κ2) is 24.0. The zero-order valence-electron chi connectivity index (χ0n) is 50.4. The van der Waals surface area contributed by atoms with Crippen LogP contribution >= 0.6 is 16.5 Å². The van der Waals surface area contributed by atoms with Crippen molar-refractivity contribution in [2.75, 3.05) is 42.2 Å². The molecule has 3 heterocycles. The molecular weight excluding hydrogens is 1100 g/mol. The molecule has 5 atom stereocenters. The highest BCUT2D eigenvalue weighted by Crippen LogP contribution is 2.49. The van der Waals surface area contributed by atoms with Gasteiger partial charge in [-0.1, -0.05) is 119 Å². The molecule has 6 aromatic carbocycles. The highest BCUT2D eigenvalue weighted by molar-refractivity contribution is 7.32. The van der Waals surface area contributed by atoms with Gasteiger partial charge in [-0.05, 0) is 94.5 Å². The molecule has 16 nitrogen and oxygen atoms in total. The fraction of sp³-hybridized carbons (Fsp3) is 0.415. The van der Waals surface area contributed by atoms with Gasteiger partial charge < -0.3 is 54.7 Å². The van der Waals surface area contributed by atoms with E-state index in [1.165, 1.54) is 7.11 Å². The summed E-state index contributed by atoms with van der Waals surface area (Å²) in [5, 5.41) is 2.66. The summed E-state index contributed by atoms with van der Waals surface area (Å²) in [7, 11) is 2.76. The largest absolute Gasteiger partial charge is 0.497 e. The Morgan fingerprint density at radius 2 is 0.759 bits per heavy atom. The van der Waals surface area contributed by atoms with E-state index in [2.05, 4.69) is 83.1 Å². The molecule has 0 aliphatic carbocycles. The fourth-order valence-electron chi connectivity index (χ4n) is 10.1. The van der Waals surface area contributed by atoms with Crippen LogP contribution in [-0.2, 0) is 40.6 Å². The number of benzene rings is 6. The van der Waals surface area contributed by atoms with Crippen LogP contribution in [0.3, 0.4) is 0 Å². The Balaban J connectivity index is 1.34. The van der Waals surface area contributed by atoms with Crippen LogP contribution in [0.4, 0.5) is 0 Å². The first kappa shape index (κ1) is 60.7. The molecule has 0 unspecified atom stereocenters. The number of carbonyl (C=O) groups excluding carboxylic acids is 2. The van der Waals surface area contributed by atoms with Crippen molar-refractivity contribution in [3.63, 3.8) is 0 Å². The van der Waals surface area contributed by atoms with Gasteiger partial charge in [0.2, 0.25) is 0 Å². The van der Waals surface area contributed by atoms with Gasteiger partial charge in [-0.3, -0.25) is 9.05 Å². The van der Waals surface area contributed by atoms with Crippen molar-refractivity contribution in [3.8, 4) is 23.0 Å². The lowest BCUT2D eigenvalue weighted by Gasteiger charge is -2.43. The Morgan fingerprint density at radius 1 is 0.434 bits per heavy atom. The minimum atomic E-state index is -2.60. The van der Waals surface area contributed by atoms with Gasteiger partial charge in [-0.25, -0.2) is 9.59 Å². The normalized spacial score (nSPS) is 17.8. The smallest absolute Gasteiger partial charge is 0.388 e. The van der Waals surface area contributed by atoms with Crippen LogP contribution in [0.5, 0.6) is 23.0 Å². The first-order chi connectivity index (χ1) is 39.2. The van der Waals surface area contributed by atoms with Crippen molar-refractivity contribution < 1.29 is 73.3 Å². The standard InChI is InChI=1S/C65H76O16P2/c1-62(2,3)47-32-39(68-13)28-43-44-29-40(69-14)33-48(63(4,5)6)53(44)77-82(76-52(43)47)80-56-51(36-73-59(66)37-24-20-18-21-25-37)74-61(72-17)58(57(56)75-60(67)38-26-22-19-23-27-38)81-83-78-54-45(30-41(70-15)34-49(54)64(7,8)9)46-31-42(71-16)35-50(55(46)79-83)65(10,11)12/h18-35,51,56-58,61H,36H2,1-17H3/t51-,56-,57+,58+,61+/m1/s1. The van der Waals surface area contributed by atoms with Crippen molar-refractivity contribution in [1.82, 2.24) is 0 Å². The summed E-state index contributed by atoms with van der Waals surface area (Å²) in [5.41, 5.74) is 3.46. The molecule has 1 aliphatic heterocycles. The molecule has 442 valence electrons. The monoisotopic (exact) mass is 1170 g/mol. The maximum Gasteiger partial charge on any atom is 0.388 e. The first-order valence-corrected chi connectivity index (χ1v) is 29.7. The van der Waals surface area contributed by atoms with Crippen LogP contribution in [-0.4, -0.2) is 84.8 Å². The van der Waals surface area contributed by atoms with Crippen LogP contribution in [0.15, 0.2) is 126 Å². The van der Waals surface area contributed by atoms with Gasteiger partial charge in [-0.2, -0.15) is 0 Å². The van der Waals surface area contributed by atoms with Gasteiger partial charge in [0.25, 0.3) is 0 Å². The number of fused-ring (bicyclic) bond motifs is 6. The summed E-state index contributed by atoms with van der Waals surface area (Å²) in [6.07, 6.45) is -6.92. The lowest BCUT2D eigenvalue weighted by molar-refractivity contribution is -0.274. The summed E-state index contributed by atoms with van der Waals surface area (Å²) in [5.74, 6) is 1.00. The van der Waals surface area contributed by atoms with Gasteiger partial charge in [0.15, 0.2) is 18.5 Å². The highest BCUT2D eigenvalue weighted by Gasteiger charge is 2.53. The van der Waals surface area contributed by atoms with E-state index in [0.29, 0.717) is 72.4 Å². The molecule has 0 bridgehead atoms. The highest BCUT2D eigenvalue weighted by atomic mass is 31.1. The molecule has 0 spiro atoms. The molecule has 2 aromatic heterocycles. The molecule has 8 aromatic rings. The summed E-state index contributed by atoms with van der Waals surface area (Å²) < 4.78 is 92.9. The van der Waals surface area contributed by atoms with E-state index < -0.39 is 87.4 Å². The first-order valence-electron chi connectivity index (χ1n) is 27.5. The maximum atomic E-state index is 14.9. The Morgan fingerprint density at radius 3 is 1.07 bits per heavy atom. The minimum Gasteiger partial charge on any atom is -0.497 e. The molecule has 18 heteroatoms. The predicted molar refractivity (Wildman–Crippen MR) is 322 cm³/mol. The second-order valence-electron chi connectivity index (χ2n) is 24.6. The molecule has 9 rings (SSSR count). The van der Waals surface area contributed by atoms with Crippen molar-refractivity contribution in [1.29, 1.82) is 0 Å². The van der Waals surface area contributed by atoms with E-state index in [9.17, 15) is 9.59 Å². The second-order valence-corrected chi connectivity index (χ2v) is 26.7. The van der Waals surface area contributed by atoms with Crippen molar-refractivity contribution in [3.05, 3.63) is 143 Å². The predicted octanol–water partition coefficient (Wildman–Crippen LogP) is 15.9. The Labute approximate surface area is 486 Å². The van der Waals surface area contributed by atoms with Gasteiger partial charge in [0.1, 0.15) is 64.1 Å². The maximum absolute atomic E-state index is 14.9. The van der Waals surface area contributed by atoms with E-state index in [1.54, 1.807) is 89.1 Å². The van der Waals surface area contributed by atoms with E-state index >= 15 is 0 Å². The third-order valence-corrected chi connectivity index (χ3v) is 16.7. The molecule has 1 aliphatic rings. The molecule has 83 heavy (non-hydrogen) atoms. The Hall–Kier alpha value is -6.90. The van der Waals surface area contributed by atoms with Gasteiger partial charge in [-0.15, -0.1) is 0 Å². The molecule has 1 saturated heterocycles. The van der Waals surface area contributed by atoms with E-state index in [1.807, 2.05) is 48.5 Å². The van der Waals surface area contributed by atoms with E-state index in [-0.39, 0.29) is 5.56 Å². The third-order valence-electron chi connectivity index (χ3n) is 14.5. The van der Waals surface area contributed by atoms with Crippen LogP contribution < -0.4 is 28.0 Å². The zero-order valence-corrected chi connectivity index (χ0v) is 52.2. The molecule has 0 amide bonds. The molecule has 0 N–H and O–H groups in total. The summed E-state index contributed by atoms with van der Waals surface area (Å²) in [4.78, 5) is 28.8. The van der Waals surface area contributed by atoms with Crippen molar-refractivity contribution in [2.24, 2.45) is 0 Å². The van der Waals surface area contributed by atoms with Gasteiger partial charge in [0, 0.05) is 50.9 Å². The average molecular weight is 1180 g/mol. The summed E-state index contributed by atoms with van der Waals surface area (Å²) >= 11 is 0. The quantitative estimate of drug-likeness (QED) is 0.0938. The minimum absolute atomic E-state index is 0.226. The number of hydrogen-bond donors (Lipinski definition) is 0. The van der Waals surface area contributed by atoms with E-state index in [4.69, 9.17) is 63.7 Å². The third kappa shape index (κ3) is 12.9. The number of rotatable bonds is 14. The molecule has 1 fully saturated rings. The van der Waals surface area contributed by atoms with Gasteiger partial charge >= 0.3 is 28.4 Å². The zero-order chi connectivity index (χ0) is 59.9. The Bertz CT molecular complexity index is 3580. The van der Waals surface area contributed by atoms with Crippen molar-refractivity contribution >= 4 is 72.3 Å². The number of hydrogen-bond acceptors (Lipinski definition) is 16. The van der Waals surface area contributed by atoms with Crippen LogP contribution in [0, 0.1) is 0 Å². The molecule has 0 saturated carbocycles. The molecule has 0 radical (unpaired) electrons. The fourth-order valence-corrected chi connectivity index (χ4v) is 12.6. The van der Waals surface area contributed by atoms with Gasteiger partial charge in [0.05, 0.1) is 39.6 Å². The summed E-state index contributed by atoms with van der Waals surface area (Å²) in [6, 6.07) is 32.5.